The van der Waals surface area contributed by atoms with Gasteiger partial charge < -0.3 is 10.2 Å². The third-order valence-corrected chi connectivity index (χ3v) is 6.47. The third-order valence-electron chi connectivity index (χ3n) is 6.47. The molecular weight excluding hydrogens is 440 g/mol. The molecule has 2 aliphatic rings. The summed E-state index contributed by atoms with van der Waals surface area (Å²) < 4.78 is 0. The van der Waals surface area contributed by atoms with Crippen molar-refractivity contribution in [2.45, 2.75) is 27.7 Å². The van der Waals surface area contributed by atoms with Crippen molar-refractivity contribution in [2.24, 2.45) is 0 Å². The summed E-state index contributed by atoms with van der Waals surface area (Å²) in [5.74, 6) is -7.71. The molecule has 2 aliphatic carbocycles. The van der Waals surface area contributed by atoms with Crippen molar-refractivity contribution in [1.82, 2.24) is 0 Å². The van der Waals surface area contributed by atoms with Crippen molar-refractivity contribution in [3.05, 3.63) is 57.0 Å². The summed E-state index contributed by atoms with van der Waals surface area (Å²) in [7, 11) is 0. The van der Waals surface area contributed by atoms with Crippen LogP contribution >= 0.6 is 0 Å². The number of hydrogen-bond donors (Lipinski definition) is 2. The zero-order chi connectivity index (χ0) is 25.2. The standard InChI is InChI=1S/C26H18O8/c1-9-11(3)21(29)25(33)17(19(9)27)15-16(18-20(28)10(2)12(4)22(30)26(18)34)24(32)14-8-6-5-7-13(14)23(15)31/h5-8,31-32H,1-4H3/b17-15-,18-16-. The lowest BCUT2D eigenvalue weighted by atomic mass is 9.81. The Kier molecular flexibility index (Phi) is 5.05. The molecule has 170 valence electrons. The molecule has 0 spiro atoms. The van der Waals surface area contributed by atoms with E-state index in [0.717, 1.165) is 0 Å². The van der Waals surface area contributed by atoms with Gasteiger partial charge in [-0.25, -0.2) is 0 Å². The topological polar surface area (TPSA) is 143 Å². The van der Waals surface area contributed by atoms with Crippen LogP contribution < -0.4 is 10.4 Å². The highest BCUT2D eigenvalue weighted by atomic mass is 16.3. The Morgan fingerprint density at radius 3 is 1.09 bits per heavy atom. The highest BCUT2D eigenvalue weighted by Gasteiger charge is 2.39. The molecule has 0 bridgehead atoms. The number of carbonyl (C=O) groups is 6. The summed E-state index contributed by atoms with van der Waals surface area (Å²) in [4.78, 5) is 77.4. The van der Waals surface area contributed by atoms with Gasteiger partial charge in [0.15, 0.2) is 11.6 Å². The van der Waals surface area contributed by atoms with Crippen LogP contribution in [0.2, 0.25) is 0 Å². The summed E-state index contributed by atoms with van der Waals surface area (Å²) in [6, 6.07) is 5.82. The van der Waals surface area contributed by atoms with Crippen LogP contribution in [0.1, 0.15) is 27.7 Å². The number of carbonyl (C=O) groups excluding carboxylic acids is 6. The van der Waals surface area contributed by atoms with Crippen molar-refractivity contribution in [1.29, 1.82) is 0 Å². The van der Waals surface area contributed by atoms with Crippen LogP contribution in [-0.4, -0.2) is 44.9 Å². The number of hydrogen-bond acceptors (Lipinski definition) is 8. The predicted octanol–water partition coefficient (Wildman–Crippen LogP) is 0.667. The fraction of sp³-hybridized carbons (Fsp3) is 0.154. The molecule has 0 radical (unpaired) electrons. The zero-order valence-corrected chi connectivity index (χ0v) is 18.7. The molecule has 0 amide bonds. The van der Waals surface area contributed by atoms with E-state index in [1.807, 2.05) is 0 Å². The molecule has 0 saturated carbocycles. The molecule has 2 N–H and O–H groups in total. The highest BCUT2D eigenvalue weighted by Crippen LogP contribution is 2.30. The smallest absolute Gasteiger partial charge is 0.237 e. The van der Waals surface area contributed by atoms with Gasteiger partial charge in [-0.2, -0.15) is 0 Å². The van der Waals surface area contributed by atoms with Gasteiger partial charge in [0.1, 0.15) is 11.5 Å². The molecule has 0 fully saturated rings. The van der Waals surface area contributed by atoms with Crippen LogP contribution in [0.5, 0.6) is 11.5 Å². The van der Waals surface area contributed by atoms with Crippen LogP contribution in [0.4, 0.5) is 0 Å². The van der Waals surface area contributed by atoms with Crippen LogP contribution in [0, 0.1) is 0 Å². The van der Waals surface area contributed by atoms with Gasteiger partial charge in [0.25, 0.3) is 0 Å². The van der Waals surface area contributed by atoms with Gasteiger partial charge in [0.2, 0.25) is 23.1 Å². The number of benzene rings is 2. The van der Waals surface area contributed by atoms with E-state index >= 15 is 0 Å². The Balaban J connectivity index is 2.45. The summed E-state index contributed by atoms with van der Waals surface area (Å²) >= 11 is 0. The number of Topliss-reactive ketones (excluding diaryl/α,β-unsaturated/α-hetero) is 6. The van der Waals surface area contributed by atoms with Crippen LogP contribution in [0.3, 0.4) is 0 Å². The molecule has 8 nitrogen and oxygen atoms in total. The van der Waals surface area contributed by atoms with E-state index in [4.69, 9.17) is 0 Å². The first-order chi connectivity index (χ1) is 15.9. The fourth-order valence-corrected chi connectivity index (χ4v) is 4.17. The summed E-state index contributed by atoms with van der Waals surface area (Å²) in [5, 5.41) is 21.1. The van der Waals surface area contributed by atoms with Gasteiger partial charge in [-0.3, -0.25) is 28.8 Å². The number of allylic oxidation sites excluding steroid dienone is 4. The number of phenolic OH excluding ortho intramolecular Hbond substituents is 2. The van der Waals surface area contributed by atoms with Crippen molar-refractivity contribution < 1.29 is 39.0 Å². The van der Waals surface area contributed by atoms with Crippen molar-refractivity contribution in [2.75, 3.05) is 0 Å². The molecule has 2 aromatic carbocycles. The van der Waals surface area contributed by atoms with E-state index in [-0.39, 0.29) is 33.1 Å². The lowest BCUT2D eigenvalue weighted by molar-refractivity contribution is -0.132. The van der Waals surface area contributed by atoms with Crippen LogP contribution in [-0.2, 0) is 28.8 Å². The van der Waals surface area contributed by atoms with E-state index < -0.39 is 67.8 Å². The molecule has 0 saturated heterocycles. The van der Waals surface area contributed by atoms with E-state index in [1.165, 1.54) is 52.0 Å². The summed E-state index contributed by atoms with van der Waals surface area (Å²) in [5.41, 5.74) is -1.85. The maximum absolute atomic E-state index is 13.2. The molecular formula is C26H18O8. The number of aromatic hydroxyl groups is 2. The average molecular weight is 458 g/mol. The Morgan fingerprint density at radius 1 is 0.471 bits per heavy atom. The normalized spacial score (nSPS) is 20.8. The second kappa shape index (κ2) is 7.55. The van der Waals surface area contributed by atoms with Gasteiger partial charge in [-0.05, 0) is 27.7 Å². The first kappa shape index (κ1) is 22.7. The van der Waals surface area contributed by atoms with E-state index in [9.17, 15) is 39.0 Å². The lowest BCUT2D eigenvalue weighted by Gasteiger charge is -2.19. The summed E-state index contributed by atoms with van der Waals surface area (Å²) in [6.45, 7) is 5.26. The Labute approximate surface area is 192 Å². The molecule has 0 aliphatic heterocycles. The minimum atomic E-state index is -1.26. The van der Waals surface area contributed by atoms with Crippen molar-refractivity contribution in [3.63, 3.8) is 0 Å². The minimum Gasteiger partial charge on any atom is -0.507 e. The van der Waals surface area contributed by atoms with Crippen LogP contribution in [0.15, 0.2) is 46.6 Å². The molecule has 0 unspecified atom stereocenters. The van der Waals surface area contributed by atoms with Gasteiger partial charge in [0.05, 0.1) is 11.1 Å². The van der Waals surface area contributed by atoms with Crippen molar-refractivity contribution >= 4 is 56.6 Å². The number of rotatable bonds is 0. The first-order valence-corrected chi connectivity index (χ1v) is 10.2. The molecule has 4 rings (SSSR count). The Morgan fingerprint density at radius 2 is 0.765 bits per heavy atom. The summed E-state index contributed by atoms with van der Waals surface area (Å²) in [6.07, 6.45) is 0. The lowest BCUT2D eigenvalue weighted by Crippen LogP contribution is -2.43. The monoisotopic (exact) mass is 458 g/mol. The first-order valence-electron chi connectivity index (χ1n) is 10.2. The Bertz CT molecular complexity index is 1520. The second-order valence-corrected chi connectivity index (χ2v) is 8.22. The number of fused-ring (bicyclic) bond motifs is 1. The minimum absolute atomic E-state index is 0.00862. The van der Waals surface area contributed by atoms with Gasteiger partial charge in [-0.15, -0.1) is 0 Å². The highest BCUT2D eigenvalue weighted by molar-refractivity contribution is 6.71. The van der Waals surface area contributed by atoms with E-state index in [1.54, 1.807) is 0 Å². The number of ketones is 6. The third kappa shape index (κ3) is 2.85. The molecule has 8 heteroatoms. The Hall–Kier alpha value is -4.46. The molecule has 0 heterocycles. The van der Waals surface area contributed by atoms with Gasteiger partial charge >= 0.3 is 0 Å². The van der Waals surface area contributed by atoms with Crippen molar-refractivity contribution in [3.8, 4) is 11.5 Å². The maximum atomic E-state index is 13.2. The van der Waals surface area contributed by atoms with Gasteiger partial charge in [-0.1, -0.05) is 24.3 Å². The molecule has 0 atom stereocenters. The zero-order valence-electron chi connectivity index (χ0n) is 18.7. The average Bonchev–Trinajstić information content (AvgIpc) is 2.83. The molecule has 2 aromatic rings. The molecule has 0 aromatic heterocycles. The van der Waals surface area contributed by atoms with Crippen LogP contribution in [0.25, 0.3) is 21.9 Å². The predicted molar refractivity (Wildman–Crippen MR) is 120 cm³/mol. The van der Waals surface area contributed by atoms with E-state index in [0.29, 0.717) is 0 Å². The SMILES string of the molecule is CC1=C(C)C(=O)/C(=c2/c(O)c3ccccc3c(O)/c2=C2\C(=O)C(=O)C(C)=C(C)C2=O)C(=O)C1=O. The fourth-order valence-electron chi connectivity index (χ4n) is 4.17. The van der Waals surface area contributed by atoms with Gasteiger partial charge in [0, 0.05) is 43.5 Å². The number of phenols is 2. The largest absolute Gasteiger partial charge is 0.507 e. The van der Waals surface area contributed by atoms with E-state index in [2.05, 4.69) is 0 Å². The second-order valence-electron chi connectivity index (χ2n) is 8.22. The molecule has 34 heavy (non-hydrogen) atoms. The maximum Gasteiger partial charge on any atom is 0.237 e. The quantitative estimate of drug-likeness (QED) is 0.433.